The van der Waals surface area contributed by atoms with Gasteiger partial charge in [0.2, 0.25) is 10.0 Å². The lowest BCUT2D eigenvalue weighted by atomic mass is 10.3. The molecule has 1 aromatic carbocycles. The predicted molar refractivity (Wildman–Crippen MR) is 75.5 cm³/mol. The van der Waals surface area contributed by atoms with Gasteiger partial charge in [0.25, 0.3) is 5.91 Å². The summed E-state index contributed by atoms with van der Waals surface area (Å²) in [5, 5.41) is 1.85. The van der Waals surface area contributed by atoms with E-state index in [4.69, 9.17) is 11.6 Å². The standard InChI is InChI=1S/C11H16ClN3O3S/c1-14(2)13-11(16)8-15(19(3,17)18)10-6-4-5-9(12)7-10/h4-7H,8H2,1-3H3,(H,13,16). The first kappa shape index (κ1) is 15.7. The fraction of sp³-hybridized carbons (Fsp3) is 0.364. The highest BCUT2D eigenvalue weighted by Gasteiger charge is 2.21. The molecule has 19 heavy (non-hydrogen) atoms. The van der Waals surface area contributed by atoms with Gasteiger partial charge in [-0.2, -0.15) is 0 Å². The fourth-order valence-corrected chi connectivity index (χ4v) is 2.48. The van der Waals surface area contributed by atoms with E-state index in [1.165, 1.54) is 11.1 Å². The summed E-state index contributed by atoms with van der Waals surface area (Å²) in [4.78, 5) is 11.7. The van der Waals surface area contributed by atoms with Crippen LogP contribution in [0.3, 0.4) is 0 Å². The molecule has 0 radical (unpaired) electrons. The molecular weight excluding hydrogens is 290 g/mol. The molecule has 0 heterocycles. The summed E-state index contributed by atoms with van der Waals surface area (Å²) in [5.74, 6) is -0.435. The van der Waals surface area contributed by atoms with Gasteiger partial charge in [0, 0.05) is 19.1 Å². The van der Waals surface area contributed by atoms with Crippen molar-refractivity contribution >= 4 is 33.2 Å². The van der Waals surface area contributed by atoms with Gasteiger partial charge in [-0.1, -0.05) is 17.7 Å². The van der Waals surface area contributed by atoms with Crippen LogP contribution in [-0.2, 0) is 14.8 Å². The first-order valence-corrected chi connectivity index (χ1v) is 7.63. The SMILES string of the molecule is CN(C)NC(=O)CN(c1cccc(Cl)c1)S(C)(=O)=O. The number of halogens is 1. The molecule has 0 aliphatic carbocycles. The zero-order chi connectivity index (χ0) is 14.6. The lowest BCUT2D eigenvalue weighted by Gasteiger charge is -2.23. The number of nitrogens with zero attached hydrogens (tertiary/aromatic N) is 2. The highest BCUT2D eigenvalue weighted by atomic mass is 35.5. The maximum atomic E-state index is 11.8. The summed E-state index contributed by atoms with van der Waals surface area (Å²) in [5.41, 5.74) is 2.84. The van der Waals surface area contributed by atoms with Crippen LogP contribution in [0.15, 0.2) is 24.3 Å². The van der Waals surface area contributed by atoms with Gasteiger partial charge in [0.15, 0.2) is 0 Å². The van der Waals surface area contributed by atoms with E-state index in [-0.39, 0.29) is 6.54 Å². The van der Waals surface area contributed by atoms with Gasteiger partial charge in [-0.3, -0.25) is 14.5 Å². The Bertz CT molecular complexity index is 560. The molecule has 0 saturated heterocycles. The smallest absolute Gasteiger partial charge is 0.255 e. The molecule has 1 rings (SSSR count). The highest BCUT2D eigenvalue weighted by molar-refractivity contribution is 7.92. The lowest BCUT2D eigenvalue weighted by Crippen LogP contribution is -2.44. The Morgan fingerprint density at radius 1 is 1.37 bits per heavy atom. The number of benzene rings is 1. The third kappa shape index (κ3) is 5.06. The van der Waals surface area contributed by atoms with E-state index in [2.05, 4.69) is 5.43 Å². The minimum atomic E-state index is -3.57. The normalized spacial score (nSPS) is 11.4. The summed E-state index contributed by atoms with van der Waals surface area (Å²) < 4.78 is 24.5. The van der Waals surface area contributed by atoms with Crippen LogP contribution in [0.4, 0.5) is 5.69 Å². The molecule has 0 aliphatic heterocycles. The zero-order valence-electron chi connectivity index (χ0n) is 10.9. The first-order valence-electron chi connectivity index (χ1n) is 5.40. The monoisotopic (exact) mass is 305 g/mol. The Labute approximate surface area is 118 Å². The minimum Gasteiger partial charge on any atom is -0.288 e. The van der Waals surface area contributed by atoms with Crippen LogP contribution < -0.4 is 9.73 Å². The molecule has 0 aliphatic rings. The molecule has 1 amide bonds. The van der Waals surface area contributed by atoms with Crippen LogP contribution in [-0.4, -0.2) is 46.2 Å². The number of amides is 1. The summed E-state index contributed by atoms with van der Waals surface area (Å²) >= 11 is 5.83. The van der Waals surface area contributed by atoms with Crippen LogP contribution in [0, 0.1) is 0 Å². The Hall–Kier alpha value is -1.31. The number of carbonyl (C=O) groups excluding carboxylic acids is 1. The average molecular weight is 306 g/mol. The van der Waals surface area contributed by atoms with Gasteiger partial charge in [-0.05, 0) is 18.2 Å². The second kappa shape index (κ2) is 6.23. The third-order valence-electron chi connectivity index (χ3n) is 2.13. The third-order valence-corrected chi connectivity index (χ3v) is 3.51. The van der Waals surface area contributed by atoms with Crippen molar-refractivity contribution in [1.29, 1.82) is 0 Å². The van der Waals surface area contributed by atoms with Crippen molar-refractivity contribution in [1.82, 2.24) is 10.4 Å². The van der Waals surface area contributed by atoms with Gasteiger partial charge in [0.1, 0.15) is 6.54 Å². The summed E-state index contributed by atoms with van der Waals surface area (Å²) in [6.45, 7) is -0.308. The zero-order valence-corrected chi connectivity index (χ0v) is 12.5. The Morgan fingerprint density at radius 3 is 2.47 bits per heavy atom. The number of rotatable bonds is 5. The Balaban J connectivity index is 3.01. The molecule has 8 heteroatoms. The van der Waals surface area contributed by atoms with E-state index < -0.39 is 15.9 Å². The summed E-state index contributed by atoms with van der Waals surface area (Å²) in [7, 11) is -0.288. The number of carbonyl (C=O) groups is 1. The molecule has 0 atom stereocenters. The fourth-order valence-electron chi connectivity index (χ4n) is 1.45. The molecule has 0 saturated carbocycles. The van der Waals surface area contributed by atoms with Crippen molar-refractivity contribution in [2.75, 3.05) is 31.2 Å². The Kier molecular flexibility index (Phi) is 5.16. The van der Waals surface area contributed by atoms with Crippen molar-refractivity contribution in [3.05, 3.63) is 29.3 Å². The van der Waals surface area contributed by atoms with Crippen molar-refractivity contribution in [3.63, 3.8) is 0 Å². The number of anilines is 1. The second-order valence-corrected chi connectivity index (χ2v) is 6.52. The molecular formula is C11H16ClN3O3S. The quantitative estimate of drug-likeness (QED) is 0.813. The average Bonchev–Trinajstić information content (AvgIpc) is 2.23. The van der Waals surface area contributed by atoms with Crippen LogP contribution in [0.5, 0.6) is 0 Å². The molecule has 106 valence electrons. The minimum absolute atomic E-state index is 0.308. The molecule has 0 aromatic heterocycles. The van der Waals surface area contributed by atoms with Crippen molar-refractivity contribution in [3.8, 4) is 0 Å². The number of nitrogens with one attached hydrogen (secondary N) is 1. The van der Waals surface area contributed by atoms with Gasteiger partial charge in [-0.15, -0.1) is 0 Å². The number of sulfonamides is 1. The lowest BCUT2D eigenvalue weighted by molar-refractivity contribution is -0.123. The van der Waals surface area contributed by atoms with Gasteiger partial charge in [-0.25, -0.2) is 13.4 Å². The number of hydrogen-bond acceptors (Lipinski definition) is 4. The van der Waals surface area contributed by atoms with Crippen molar-refractivity contribution < 1.29 is 13.2 Å². The molecule has 0 spiro atoms. The summed E-state index contributed by atoms with van der Waals surface area (Å²) in [6.07, 6.45) is 1.04. The van der Waals surface area contributed by atoms with E-state index in [0.717, 1.165) is 10.6 Å². The molecule has 0 unspecified atom stereocenters. The van der Waals surface area contributed by atoms with E-state index >= 15 is 0 Å². The van der Waals surface area contributed by atoms with E-state index in [1.807, 2.05) is 0 Å². The van der Waals surface area contributed by atoms with Crippen LogP contribution in [0.25, 0.3) is 0 Å². The van der Waals surface area contributed by atoms with Crippen LogP contribution in [0.1, 0.15) is 0 Å². The summed E-state index contributed by atoms with van der Waals surface area (Å²) in [6, 6.07) is 6.33. The first-order chi connectivity index (χ1) is 8.70. The molecule has 0 bridgehead atoms. The van der Waals surface area contributed by atoms with Gasteiger partial charge < -0.3 is 0 Å². The molecule has 1 N–H and O–H groups in total. The van der Waals surface area contributed by atoms with E-state index in [0.29, 0.717) is 10.7 Å². The van der Waals surface area contributed by atoms with Gasteiger partial charge in [0.05, 0.1) is 11.9 Å². The number of hydrogen-bond donors (Lipinski definition) is 1. The maximum absolute atomic E-state index is 11.8. The molecule has 6 nitrogen and oxygen atoms in total. The van der Waals surface area contributed by atoms with Crippen molar-refractivity contribution in [2.45, 2.75) is 0 Å². The highest BCUT2D eigenvalue weighted by Crippen LogP contribution is 2.21. The predicted octanol–water partition coefficient (Wildman–Crippen LogP) is 0.699. The topological polar surface area (TPSA) is 69.7 Å². The van der Waals surface area contributed by atoms with Crippen LogP contribution >= 0.6 is 11.6 Å². The largest absolute Gasteiger partial charge is 0.288 e. The second-order valence-electron chi connectivity index (χ2n) is 4.18. The number of hydrazine groups is 1. The molecule has 0 fully saturated rings. The Morgan fingerprint density at radius 2 is 2.00 bits per heavy atom. The maximum Gasteiger partial charge on any atom is 0.255 e. The van der Waals surface area contributed by atoms with Gasteiger partial charge >= 0.3 is 0 Å². The van der Waals surface area contributed by atoms with Crippen LogP contribution in [0.2, 0.25) is 5.02 Å². The molecule has 1 aromatic rings. The van der Waals surface area contributed by atoms with E-state index in [9.17, 15) is 13.2 Å². The van der Waals surface area contributed by atoms with E-state index in [1.54, 1.807) is 32.3 Å². The van der Waals surface area contributed by atoms with Crippen molar-refractivity contribution in [2.24, 2.45) is 0 Å².